The van der Waals surface area contributed by atoms with Crippen LogP contribution >= 0.6 is 0 Å². The van der Waals surface area contributed by atoms with Crippen LogP contribution in [0.4, 0.5) is 0 Å². The summed E-state index contributed by atoms with van der Waals surface area (Å²) in [6.07, 6.45) is 81.7. The molecule has 0 aliphatic carbocycles. The highest BCUT2D eigenvalue weighted by atomic mass is 16.6. The van der Waals surface area contributed by atoms with Crippen LogP contribution in [-0.2, 0) is 28.6 Å². The summed E-state index contributed by atoms with van der Waals surface area (Å²) in [5, 5.41) is 0. The van der Waals surface area contributed by atoms with Gasteiger partial charge < -0.3 is 14.2 Å². The van der Waals surface area contributed by atoms with Gasteiger partial charge in [-0.1, -0.05) is 320 Å². The first-order valence-electron chi connectivity index (χ1n) is 34.5. The van der Waals surface area contributed by atoms with E-state index in [0.29, 0.717) is 19.3 Å². The second-order valence-corrected chi connectivity index (χ2v) is 23.4. The minimum absolute atomic E-state index is 0.0697. The fourth-order valence-electron chi connectivity index (χ4n) is 10.4. The van der Waals surface area contributed by atoms with Crippen molar-refractivity contribution in [3.05, 3.63) is 36.5 Å². The Bertz CT molecular complexity index is 1290. The fourth-order valence-corrected chi connectivity index (χ4v) is 10.4. The Morgan fingerprint density at radius 2 is 0.468 bits per heavy atom. The quantitative estimate of drug-likeness (QED) is 0.0261. The molecule has 0 saturated carbocycles. The van der Waals surface area contributed by atoms with Crippen LogP contribution in [0.5, 0.6) is 0 Å². The van der Waals surface area contributed by atoms with E-state index in [2.05, 4.69) is 57.2 Å². The first-order valence-corrected chi connectivity index (χ1v) is 34.5. The molecule has 0 aromatic carbocycles. The number of hydrogen-bond acceptors (Lipinski definition) is 6. The molecule has 0 bridgehead atoms. The van der Waals surface area contributed by atoms with Gasteiger partial charge in [0.15, 0.2) is 6.10 Å². The lowest BCUT2D eigenvalue weighted by atomic mass is 10.0. The highest BCUT2D eigenvalue weighted by Crippen LogP contribution is 2.18. The van der Waals surface area contributed by atoms with Crippen LogP contribution in [0.1, 0.15) is 380 Å². The number of hydrogen-bond donors (Lipinski definition) is 0. The average Bonchev–Trinajstić information content (AvgIpc) is 3.43. The van der Waals surface area contributed by atoms with Crippen LogP contribution in [0, 0.1) is 0 Å². The summed E-state index contributed by atoms with van der Waals surface area (Å²) < 4.78 is 17.0. The van der Waals surface area contributed by atoms with Crippen LogP contribution in [0.3, 0.4) is 0 Å². The van der Waals surface area contributed by atoms with Gasteiger partial charge in [-0.2, -0.15) is 0 Å². The Morgan fingerprint density at radius 1 is 0.260 bits per heavy atom. The molecule has 0 spiro atoms. The van der Waals surface area contributed by atoms with Crippen molar-refractivity contribution in [3.63, 3.8) is 0 Å². The SMILES string of the molecule is CCCCCCC/C=C\C/C=C\CCCCCCCCCCCCCCCCCCCC(=O)OCC(COC(=O)CCCCCCCCCCCCCCCCC)OC(=O)CCCCCCC/C=C\CCCCCCCC. The van der Waals surface area contributed by atoms with Crippen molar-refractivity contribution < 1.29 is 28.6 Å². The third kappa shape index (κ3) is 64.3. The largest absolute Gasteiger partial charge is 0.462 e. The van der Waals surface area contributed by atoms with Crippen LogP contribution in [0.15, 0.2) is 36.5 Å². The fraction of sp³-hybridized carbons (Fsp3) is 0.873. The number of unbranched alkanes of at least 4 members (excludes halogenated alkanes) is 47. The molecule has 0 aliphatic rings. The second-order valence-electron chi connectivity index (χ2n) is 23.4. The van der Waals surface area contributed by atoms with Crippen LogP contribution < -0.4 is 0 Å². The molecule has 452 valence electrons. The van der Waals surface area contributed by atoms with Crippen molar-refractivity contribution in [3.8, 4) is 0 Å². The zero-order valence-electron chi connectivity index (χ0n) is 52.0. The Kier molecular flexibility index (Phi) is 64.1. The molecule has 0 radical (unpaired) electrons. The monoisotopic (exact) mass is 1080 g/mol. The number of rotatable bonds is 64. The number of esters is 3. The lowest BCUT2D eigenvalue weighted by Gasteiger charge is -2.18. The number of allylic oxidation sites excluding steroid dienone is 6. The molecule has 0 aliphatic heterocycles. The van der Waals surface area contributed by atoms with Crippen LogP contribution in [-0.4, -0.2) is 37.2 Å². The molecule has 0 amide bonds. The van der Waals surface area contributed by atoms with E-state index < -0.39 is 6.10 Å². The highest BCUT2D eigenvalue weighted by molar-refractivity contribution is 5.71. The zero-order chi connectivity index (χ0) is 55.7. The Balaban J connectivity index is 4.18. The molecule has 6 nitrogen and oxygen atoms in total. The lowest BCUT2D eigenvalue weighted by Crippen LogP contribution is -2.30. The molecule has 0 fully saturated rings. The Morgan fingerprint density at radius 3 is 0.727 bits per heavy atom. The van der Waals surface area contributed by atoms with Gasteiger partial charge in [-0.25, -0.2) is 0 Å². The summed E-state index contributed by atoms with van der Waals surface area (Å²) in [6.45, 7) is 6.68. The number of carbonyl (C=O) groups excluding carboxylic acids is 3. The van der Waals surface area contributed by atoms with E-state index in [1.807, 2.05) is 0 Å². The summed E-state index contributed by atoms with van der Waals surface area (Å²) in [5.74, 6) is -0.851. The molecule has 1 unspecified atom stereocenters. The highest BCUT2D eigenvalue weighted by Gasteiger charge is 2.19. The predicted octanol–water partition coefficient (Wildman–Crippen LogP) is 23.6. The summed E-state index contributed by atoms with van der Waals surface area (Å²) in [7, 11) is 0. The molecule has 0 N–H and O–H groups in total. The molecule has 77 heavy (non-hydrogen) atoms. The van der Waals surface area contributed by atoms with Crippen molar-refractivity contribution in [2.45, 2.75) is 386 Å². The van der Waals surface area contributed by atoms with E-state index in [4.69, 9.17) is 14.2 Å². The summed E-state index contributed by atoms with van der Waals surface area (Å²) in [5.41, 5.74) is 0. The second kappa shape index (κ2) is 66.1. The minimum Gasteiger partial charge on any atom is -0.462 e. The van der Waals surface area contributed by atoms with Gasteiger partial charge in [0, 0.05) is 19.3 Å². The predicted molar refractivity (Wildman–Crippen MR) is 335 cm³/mol. The van der Waals surface area contributed by atoms with Crippen LogP contribution in [0.25, 0.3) is 0 Å². The van der Waals surface area contributed by atoms with Gasteiger partial charge in [-0.3, -0.25) is 14.4 Å². The summed E-state index contributed by atoms with van der Waals surface area (Å²) in [4.78, 5) is 38.3. The molecular formula is C71H132O6. The van der Waals surface area contributed by atoms with Gasteiger partial charge in [-0.15, -0.1) is 0 Å². The van der Waals surface area contributed by atoms with E-state index in [9.17, 15) is 14.4 Å². The summed E-state index contributed by atoms with van der Waals surface area (Å²) >= 11 is 0. The maximum absolute atomic E-state index is 12.9. The third-order valence-electron chi connectivity index (χ3n) is 15.6. The van der Waals surface area contributed by atoms with Gasteiger partial charge in [-0.05, 0) is 77.0 Å². The molecule has 0 saturated heterocycles. The van der Waals surface area contributed by atoms with Crippen molar-refractivity contribution in [1.29, 1.82) is 0 Å². The Hall–Kier alpha value is -2.37. The minimum atomic E-state index is -0.773. The maximum Gasteiger partial charge on any atom is 0.306 e. The summed E-state index contributed by atoms with van der Waals surface area (Å²) in [6, 6.07) is 0. The van der Waals surface area contributed by atoms with Gasteiger partial charge in [0.2, 0.25) is 0 Å². The first kappa shape index (κ1) is 74.6. The molecule has 1 atom stereocenters. The topological polar surface area (TPSA) is 78.9 Å². The lowest BCUT2D eigenvalue weighted by molar-refractivity contribution is -0.167. The number of carbonyl (C=O) groups is 3. The van der Waals surface area contributed by atoms with E-state index in [-0.39, 0.29) is 31.1 Å². The normalized spacial score (nSPS) is 12.2. The van der Waals surface area contributed by atoms with Crippen molar-refractivity contribution in [2.24, 2.45) is 0 Å². The standard InChI is InChI=1S/C71H132O6/c1-4-7-10-13-16-19-22-25-28-29-30-31-32-33-34-35-36-37-38-39-40-41-44-46-49-52-55-58-61-64-70(73)76-67-68(77-71(74)65-62-59-56-53-50-47-43-27-24-21-18-15-12-9-6-3)66-75-69(72)63-60-57-54-51-48-45-42-26-23-20-17-14-11-8-5-2/h22,25,27,29-30,43,68H,4-21,23-24,26,28,31-42,44-67H2,1-3H3/b25-22-,30-29-,43-27-. The molecule has 0 aromatic rings. The van der Waals surface area contributed by atoms with Crippen molar-refractivity contribution >= 4 is 17.9 Å². The molecule has 6 heteroatoms. The van der Waals surface area contributed by atoms with Crippen molar-refractivity contribution in [2.75, 3.05) is 13.2 Å². The first-order chi connectivity index (χ1) is 38.0. The van der Waals surface area contributed by atoms with Crippen LogP contribution in [0.2, 0.25) is 0 Å². The van der Waals surface area contributed by atoms with E-state index in [1.54, 1.807) is 0 Å². The molecule has 0 aromatic heterocycles. The smallest absolute Gasteiger partial charge is 0.306 e. The number of ether oxygens (including phenoxy) is 3. The van der Waals surface area contributed by atoms with Gasteiger partial charge >= 0.3 is 17.9 Å². The van der Waals surface area contributed by atoms with Gasteiger partial charge in [0.25, 0.3) is 0 Å². The van der Waals surface area contributed by atoms with E-state index >= 15 is 0 Å². The maximum atomic E-state index is 12.9. The molecule has 0 rings (SSSR count). The molecular weight excluding hydrogens is 949 g/mol. The van der Waals surface area contributed by atoms with Crippen molar-refractivity contribution in [1.82, 2.24) is 0 Å². The van der Waals surface area contributed by atoms with E-state index in [1.165, 1.54) is 270 Å². The van der Waals surface area contributed by atoms with Gasteiger partial charge in [0.1, 0.15) is 13.2 Å². The average molecular weight is 1080 g/mol. The van der Waals surface area contributed by atoms with Gasteiger partial charge in [0.05, 0.1) is 0 Å². The third-order valence-corrected chi connectivity index (χ3v) is 15.6. The molecule has 0 heterocycles. The van der Waals surface area contributed by atoms with E-state index in [0.717, 1.165) is 70.6 Å². The Labute approximate surface area is 480 Å². The zero-order valence-corrected chi connectivity index (χ0v) is 52.0.